The molecule has 0 fully saturated rings. The highest BCUT2D eigenvalue weighted by atomic mass is 32.1. The van der Waals surface area contributed by atoms with E-state index in [4.69, 9.17) is 17.0 Å². The first kappa shape index (κ1) is 15.5. The molecule has 0 saturated carbocycles. The topological polar surface area (TPSA) is 33.3 Å². The molecule has 2 N–H and O–H groups in total. The normalized spacial score (nSPS) is 10.1. The Morgan fingerprint density at radius 2 is 2.05 bits per heavy atom. The molecule has 0 aromatic heterocycles. The third-order valence-corrected chi connectivity index (χ3v) is 2.73. The summed E-state index contributed by atoms with van der Waals surface area (Å²) in [7, 11) is 0. The summed E-state index contributed by atoms with van der Waals surface area (Å²) in [5.74, 6) is 1.55. The first-order valence-corrected chi connectivity index (χ1v) is 6.91. The van der Waals surface area contributed by atoms with Gasteiger partial charge in [-0.05, 0) is 48.8 Å². The summed E-state index contributed by atoms with van der Waals surface area (Å²) in [5.41, 5.74) is 0.942. The molecule has 3 nitrogen and oxygen atoms in total. The molecule has 0 bridgehead atoms. The van der Waals surface area contributed by atoms with E-state index in [1.165, 1.54) is 0 Å². The van der Waals surface area contributed by atoms with Gasteiger partial charge in [0, 0.05) is 12.2 Å². The van der Waals surface area contributed by atoms with Crippen molar-refractivity contribution < 1.29 is 4.74 Å². The highest BCUT2D eigenvalue weighted by Crippen LogP contribution is 2.16. The fraction of sp³-hybridized carbons (Fsp3) is 0.400. The van der Waals surface area contributed by atoms with E-state index in [2.05, 4.69) is 31.1 Å². The van der Waals surface area contributed by atoms with Gasteiger partial charge >= 0.3 is 0 Å². The number of ether oxygens (including phenoxy) is 1. The molecular formula is C15H22N2OS. The molecule has 19 heavy (non-hydrogen) atoms. The molecule has 1 aromatic carbocycles. The Balaban J connectivity index is 2.38. The van der Waals surface area contributed by atoms with Crippen molar-refractivity contribution in [1.29, 1.82) is 0 Å². The molecule has 1 aromatic rings. The zero-order chi connectivity index (χ0) is 14.1. The molecule has 0 atom stereocenters. The lowest BCUT2D eigenvalue weighted by molar-refractivity contribution is 0.289. The van der Waals surface area contributed by atoms with Gasteiger partial charge in [-0.15, -0.1) is 6.58 Å². The number of benzene rings is 1. The number of anilines is 1. The predicted molar refractivity (Wildman–Crippen MR) is 85.8 cm³/mol. The Labute approximate surface area is 121 Å². The highest BCUT2D eigenvalue weighted by Gasteiger charge is 1.99. The van der Waals surface area contributed by atoms with Crippen LogP contribution in [-0.4, -0.2) is 18.3 Å². The minimum atomic E-state index is 0.591. The van der Waals surface area contributed by atoms with Crippen LogP contribution in [0.25, 0.3) is 0 Å². The van der Waals surface area contributed by atoms with Crippen LogP contribution in [0.4, 0.5) is 5.69 Å². The van der Waals surface area contributed by atoms with Gasteiger partial charge in [0.2, 0.25) is 0 Å². The summed E-state index contributed by atoms with van der Waals surface area (Å²) < 4.78 is 5.65. The van der Waals surface area contributed by atoms with Crippen molar-refractivity contribution in [3.05, 3.63) is 36.9 Å². The predicted octanol–water partition coefficient (Wildman–Crippen LogP) is 3.58. The van der Waals surface area contributed by atoms with E-state index in [9.17, 15) is 0 Å². The third kappa shape index (κ3) is 6.82. The molecule has 0 spiro atoms. The first-order valence-electron chi connectivity index (χ1n) is 6.50. The molecule has 104 valence electrons. The average molecular weight is 278 g/mol. The monoisotopic (exact) mass is 278 g/mol. The van der Waals surface area contributed by atoms with Crippen molar-refractivity contribution in [2.45, 2.75) is 20.3 Å². The number of rotatable bonds is 7. The van der Waals surface area contributed by atoms with Crippen LogP contribution in [0.3, 0.4) is 0 Å². The molecule has 0 aliphatic heterocycles. The van der Waals surface area contributed by atoms with Crippen molar-refractivity contribution in [3.63, 3.8) is 0 Å². The number of hydrogen-bond donors (Lipinski definition) is 2. The molecule has 0 heterocycles. The summed E-state index contributed by atoms with van der Waals surface area (Å²) in [6.45, 7) is 9.41. The van der Waals surface area contributed by atoms with Gasteiger partial charge in [0.15, 0.2) is 5.11 Å². The molecule has 0 radical (unpaired) electrons. The molecule has 0 unspecified atom stereocenters. The Bertz CT molecular complexity index is 401. The standard InChI is InChI=1S/C15H22N2OS/c1-4-10-16-15(19)17-13-5-7-14(8-6-13)18-11-9-12(2)3/h4-8,12H,1,9-11H2,2-3H3,(H2,16,17,19). The van der Waals surface area contributed by atoms with E-state index < -0.39 is 0 Å². The van der Waals surface area contributed by atoms with Crippen LogP contribution in [0.1, 0.15) is 20.3 Å². The number of nitrogens with one attached hydrogen (secondary N) is 2. The molecule has 0 saturated heterocycles. The van der Waals surface area contributed by atoms with Gasteiger partial charge in [0.05, 0.1) is 6.61 Å². The van der Waals surface area contributed by atoms with Crippen LogP contribution >= 0.6 is 12.2 Å². The molecule has 0 amide bonds. The summed E-state index contributed by atoms with van der Waals surface area (Å²) in [4.78, 5) is 0. The zero-order valence-corrected chi connectivity index (χ0v) is 12.4. The average Bonchev–Trinajstić information content (AvgIpc) is 2.38. The van der Waals surface area contributed by atoms with Gasteiger partial charge in [-0.2, -0.15) is 0 Å². The first-order chi connectivity index (χ1) is 9.11. The van der Waals surface area contributed by atoms with Crippen molar-refractivity contribution in [2.24, 2.45) is 5.92 Å². The summed E-state index contributed by atoms with van der Waals surface area (Å²) >= 11 is 5.13. The van der Waals surface area contributed by atoms with Crippen molar-refractivity contribution in [2.75, 3.05) is 18.5 Å². The van der Waals surface area contributed by atoms with Gasteiger partial charge in [0.25, 0.3) is 0 Å². The van der Waals surface area contributed by atoms with E-state index in [0.29, 0.717) is 17.6 Å². The summed E-state index contributed by atoms with van der Waals surface area (Å²) in [6, 6.07) is 7.79. The lowest BCUT2D eigenvalue weighted by Gasteiger charge is -2.11. The Morgan fingerprint density at radius 1 is 1.37 bits per heavy atom. The van der Waals surface area contributed by atoms with Crippen LogP contribution in [0.15, 0.2) is 36.9 Å². The second kappa shape index (κ2) is 8.53. The van der Waals surface area contributed by atoms with Gasteiger partial charge in [-0.1, -0.05) is 19.9 Å². The lowest BCUT2D eigenvalue weighted by Crippen LogP contribution is -2.28. The van der Waals surface area contributed by atoms with Crippen molar-refractivity contribution >= 4 is 23.0 Å². The Kier molecular flexibility index (Phi) is 6.97. The van der Waals surface area contributed by atoms with Crippen LogP contribution in [-0.2, 0) is 0 Å². The Hall–Kier alpha value is -1.55. The van der Waals surface area contributed by atoms with E-state index in [1.54, 1.807) is 6.08 Å². The minimum absolute atomic E-state index is 0.591. The molecule has 4 heteroatoms. The molecule has 1 rings (SSSR count). The third-order valence-electron chi connectivity index (χ3n) is 2.48. The van der Waals surface area contributed by atoms with E-state index in [0.717, 1.165) is 24.5 Å². The van der Waals surface area contributed by atoms with Gasteiger partial charge in [-0.3, -0.25) is 0 Å². The van der Waals surface area contributed by atoms with Gasteiger partial charge < -0.3 is 15.4 Å². The molecule has 0 aliphatic carbocycles. The maximum absolute atomic E-state index is 5.65. The lowest BCUT2D eigenvalue weighted by atomic mass is 10.1. The van der Waals surface area contributed by atoms with E-state index in [-0.39, 0.29) is 0 Å². The van der Waals surface area contributed by atoms with Gasteiger partial charge in [-0.25, -0.2) is 0 Å². The maximum Gasteiger partial charge on any atom is 0.171 e. The highest BCUT2D eigenvalue weighted by molar-refractivity contribution is 7.80. The quantitative estimate of drug-likeness (QED) is 0.590. The number of thiocarbonyl (C=S) groups is 1. The fourth-order valence-electron chi connectivity index (χ4n) is 1.39. The second-order valence-electron chi connectivity index (χ2n) is 4.68. The summed E-state index contributed by atoms with van der Waals surface area (Å²) in [6.07, 6.45) is 2.83. The van der Waals surface area contributed by atoms with Gasteiger partial charge in [0.1, 0.15) is 5.75 Å². The van der Waals surface area contributed by atoms with Crippen molar-refractivity contribution in [3.8, 4) is 5.75 Å². The number of hydrogen-bond acceptors (Lipinski definition) is 2. The SMILES string of the molecule is C=CCNC(=S)Nc1ccc(OCCC(C)C)cc1. The Morgan fingerprint density at radius 3 is 2.63 bits per heavy atom. The fourth-order valence-corrected chi connectivity index (χ4v) is 1.59. The minimum Gasteiger partial charge on any atom is -0.494 e. The smallest absolute Gasteiger partial charge is 0.171 e. The second-order valence-corrected chi connectivity index (χ2v) is 5.09. The van der Waals surface area contributed by atoms with Crippen LogP contribution < -0.4 is 15.4 Å². The maximum atomic E-state index is 5.65. The van der Waals surface area contributed by atoms with E-state index >= 15 is 0 Å². The molecular weight excluding hydrogens is 256 g/mol. The zero-order valence-electron chi connectivity index (χ0n) is 11.6. The van der Waals surface area contributed by atoms with E-state index in [1.807, 2.05) is 24.3 Å². The summed E-state index contributed by atoms with van der Waals surface area (Å²) in [5, 5.41) is 6.70. The van der Waals surface area contributed by atoms with Crippen molar-refractivity contribution in [1.82, 2.24) is 5.32 Å². The largest absolute Gasteiger partial charge is 0.494 e. The van der Waals surface area contributed by atoms with Crippen LogP contribution in [0, 0.1) is 5.92 Å². The van der Waals surface area contributed by atoms with Crippen LogP contribution in [0.5, 0.6) is 5.75 Å². The van der Waals surface area contributed by atoms with Crippen LogP contribution in [0.2, 0.25) is 0 Å². The molecule has 0 aliphatic rings.